The zero-order valence-corrected chi connectivity index (χ0v) is 13.8. The van der Waals surface area contributed by atoms with Gasteiger partial charge < -0.3 is 10.6 Å². The summed E-state index contributed by atoms with van der Waals surface area (Å²) in [7, 11) is 0. The van der Waals surface area contributed by atoms with Gasteiger partial charge in [-0.15, -0.1) is 0 Å². The molecule has 1 heterocycles. The number of hydrogen-bond acceptors (Lipinski definition) is 3. The van der Waals surface area contributed by atoms with Gasteiger partial charge in [-0.2, -0.15) is 0 Å². The molecule has 5 heteroatoms. The molecule has 0 aliphatic heterocycles. The Hall–Kier alpha value is -3.21. The van der Waals surface area contributed by atoms with Crippen LogP contribution in [0.15, 0.2) is 66.9 Å². The number of nitrogens with one attached hydrogen (secondary N) is 2. The quantitative estimate of drug-likeness (QED) is 0.727. The summed E-state index contributed by atoms with van der Waals surface area (Å²) in [5.41, 5.74) is 2.94. The summed E-state index contributed by atoms with van der Waals surface area (Å²) in [6.07, 6.45) is 1.60. The van der Waals surface area contributed by atoms with Gasteiger partial charge in [0.2, 0.25) is 0 Å². The Morgan fingerprint density at radius 2 is 1.92 bits per heavy atom. The maximum absolute atomic E-state index is 13.6. The number of anilines is 2. The van der Waals surface area contributed by atoms with Crippen LogP contribution in [0.2, 0.25) is 0 Å². The molecule has 0 aliphatic carbocycles. The Balaban J connectivity index is 1.60. The Bertz CT molecular complexity index is 878. The highest BCUT2D eigenvalue weighted by atomic mass is 19.1. The minimum Gasteiger partial charge on any atom is -0.380 e. The fourth-order valence-electron chi connectivity index (χ4n) is 2.39. The number of pyridine rings is 1. The van der Waals surface area contributed by atoms with Gasteiger partial charge in [-0.1, -0.05) is 35.9 Å². The molecule has 0 radical (unpaired) electrons. The molecule has 0 unspecified atom stereocenters. The first-order valence-electron chi connectivity index (χ1n) is 7.93. The van der Waals surface area contributed by atoms with Crippen LogP contribution in [0.4, 0.5) is 15.9 Å². The number of amides is 1. The van der Waals surface area contributed by atoms with Gasteiger partial charge in [-0.25, -0.2) is 9.37 Å². The van der Waals surface area contributed by atoms with E-state index < -0.39 is 0 Å². The van der Waals surface area contributed by atoms with E-state index in [1.165, 1.54) is 6.07 Å². The van der Waals surface area contributed by atoms with Crippen LogP contribution in [0.5, 0.6) is 0 Å². The second kappa shape index (κ2) is 7.57. The standard InChI is InChI=1S/C20H18FN3O/c1-14-5-4-7-15(11-14)20(25)24-19-10-9-17(13-23-19)22-12-16-6-2-3-8-18(16)21/h2-11,13,22H,12H2,1H3,(H,23,24,25). The summed E-state index contributed by atoms with van der Waals surface area (Å²) < 4.78 is 13.6. The van der Waals surface area contributed by atoms with Crippen molar-refractivity contribution in [1.82, 2.24) is 4.98 Å². The molecule has 25 heavy (non-hydrogen) atoms. The molecular formula is C20H18FN3O. The molecule has 4 nitrogen and oxygen atoms in total. The SMILES string of the molecule is Cc1cccc(C(=O)Nc2ccc(NCc3ccccc3F)cn2)c1. The third-order valence-corrected chi connectivity index (χ3v) is 3.73. The van der Waals surface area contributed by atoms with Crippen LogP contribution in [-0.2, 0) is 6.54 Å². The smallest absolute Gasteiger partial charge is 0.256 e. The largest absolute Gasteiger partial charge is 0.380 e. The van der Waals surface area contributed by atoms with Crippen molar-refractivity contribution in [2.24, 2.45) is 0 Å². The van der Waals surface area contributed by atoms with E-state index in [0.29, 0.717) is 23.5 Å². The summed E-state index contributed by atoms with van der Waals surface area (Å²) in [4.78, 5) is 16.4. The van der Waals surface area contributed by atoms with Crippen LogP contribution in [0.25, 0.3) is 0 Å². The van der Waals surface area contributed by atoms with Crippen molar-refractivity contribution >= 4 is 17.4 Å². The number of halogens is 1. The van der Waals surface area contributed by atoms with E-state index in [2.05, 4.69) is 15.6 Å². The average molecular weight is 335 g/mol. The van der Waals surface area contributed by atoms with E-state index in [-0.39, 0.29) is 11.7 Å². The van der Waals surface area contributed by atoms with Crippen LogP contribution >= 0.6 is 0 Å². The molecule has 0 bridgehead atoms. The average Bonchev–Trinajstić information content (AvgIpc) is 2.62. The molecule has 0 atom stereocenters. The number of carbonyl (C=O) groups excluding carboxylic acids is 1. The highest BCUT2D eigenvalue weighted by Gasteiger charge is 2.07. The number of rotatable bonds is 5. The Morgan fingerprint density at radius 3 is 2.64 bits per heavy atom. The van der Waals surface area contributed by atoms with Crippen LogP contribution in [0, 0.1) is 12.7 Å². The fourth-order valence-corrected chi connectivity index (χ4v) is 2.39. The van der Waals surface area contributed by atoms with Crippen molar-refractivity contribution in [3.8, 4) is 0 Å². The first-order chi connectivity index (χ1) is 12.1. The first-order valence-corrected chi connectivity index (χ1v) is 7.93. The van der Waals surface area contributed by atoms with E-state index in [0.717, 1.165) is 11.3 Å². The molecule has 0 saturated heterocycles. The van der Waals surface area contributed by atoms with Crippen molar-refractivity contribution in [3.05, 3.63) is 89.4 Å². The Kier molecular flexibility index (Phi) is 5.04. The number of aryl methyl sites for hydroxylation is 1. The monoisotopic (exact) mass is 335 g/mol. The zero-order chi connectivity index (χ0) is 17.6. The molecule has 3 aromatic rings. The normalized spacial score (nSPS) is 10.3. The molecule has 1 amide bonds. The third-order valence-electron chi connectivity index (χ3n) is 3.73. The molecule has 0 aliphatic rings. The fraction of sp³-hybridized carbons (Fsp3) is 0.100. The number of nitrogens with zero attached hydrogens (tertiary/aromatic N) is 1. The summed E-state index contributed by atoms with van der Waals surface area (Å²) in [5.74, 6) is 0.0104. The molecule has 1 aromatic heterocycles. The maximum Gasteiger partial charge on any atom is 0.256 e. The minimum absolute atomic E-state index is 0.205. The molecule has 2 N–H and O–H groups in total. The van der Waals surface area contributed by atoms with Crippen LogP contribution in [0.3, 0.4) is 0 Å². The highest BCUT2D eigenvalue weighted by Crippen LogP contribution is 2.14. The Labute approximate surface area is 145 Å². The topological polar surface area (TPSA) is 54.0 Å². The summed E-state index contributed by atoms with van der Waals surface area (Å²) >= 11 is 0. The highest BCUT2D eigenvalue weighted by molar-refractivity contribution is 6.03. The predicted molar refractivity (Wildman–Crippen MR) is 97.1 cm³/mol. The van der Waals surface area contributed by atoms with Crippen molar-refractivity contribution in [1.29, 1.82) is 0 Å². The molecule has 3 rings (SSSR count). The van der Waals surface area contributed by atoms with Gasteiger partial charge in [0.1, 0.15) is 11.6 Å². The van der Waals surface area contributed by atoms with Gasteiger partial charge in [-0.05, 0) is 37.3 Å². The van der Waals surface area contributed by atoms with Crippen LogP contribution < -0.4 is 10.6 Å². The number of hydrogen-bond donors (Lipinski definition) is 2. The number of aromatic nitrogens is 1. The van der Waals surface area contributed by atoms with Gasteiger partial charge in [0.25, 0.3) is 5.91 Å². The number of benzene rings is 2. The predicted octanol–water partition coefficient (Wildman–Crippen LogP) is 4.39. The molecule has 0 saturated carbocycles. The zero-order valence-electron chi connectivity index (χ0n) is 13.8. The molecular weight excluding hydrogens is 317 g/mol. The van der Waals surface area contributed by atoms with Gasteiger partial charge >= 0.3 is 0 Å². The van der Waals surface area contributed by atoms with Gasteiger partial charge in [-0.3, -0.25) is 4.79 Å². The van der Waals surface area contributed by atoms with Crippen molar-refractivity contribution < 1.29 is 9.18 Å². The lowest BCUT2D eigenvalue weighted by atomic mass is 10.1. The molecule has 2 aromatic carbocycles. The first kappa shape index (κ1) is 16.6. The summed E-state index contributed by atoms with van der Waals surface area (Å²) in [6.45, 7) is 2.30. The maximum atomic E-state index is 13.6. The van der Waals surface area contributed by atoms with E-state index in [4.69, 9.17) is 0 Å². The summed E-state index contributed by atoms with van der Waals surface area (Å²) in [6, 6.07) is 17.5. The van der Waals surface area contributed by atoms with Crippen LogP contribution in [0.1, 0.15) is 21.5 Å². The van der Waals surface area contributed by atoms with Gasteiger partial charge in [0.15, 0.2) is 0 Å². The van der Waals surface area contributed by atoms with E-state index in [9.17, 15) is 9.18 Å². The van der Waals surface area contributed by atoms with E-state index in [1.54, 1.807) is 42.6 Å². The molecule has 0 fully saturated rings. The van der Waals surface area contributed by atoms with Crippen molar-refractivity contribution in [2.75, 3.05) is 10.6 Å². The second-order valence-corrected chi connectivity index (χ2v) is 5.70. The third kappa shape index (κ3) is 4.41. The lowest BCUT2D eigenvalue weighted by Crippen LogP contribution is -2.13. The number of carbonyl (C=O) groups is 1. The van der Waals surface area contributed by atoms with Crippen molar-refractivity contribution in [3.63, 3.8) is 0 Å². The van der Waals surface area contributed by atoms with Crippen molar-refractivity contribution in [2.45, 2.75) is 13.5 Å². The lowest BCUT2D eigenvalue weighted by molar-refractivity contribution is 0.102. The molecule has 126 valence electrons. The molecule has 0 spiro atoms. The van der Waals surface area contributed by atoms with E-state index in [1.807, 2.05) is 25.1 Å². The second-order valence-electron chi connectivity index (χ2n) is 5.70. The lowest BCUT2D eigenvalue weighted by Gasteiger charge is -2.09. The van der Waals surface area contributed by atoms with Crippen LogP contribution in [-0.4, -0.2) is 10.9 Å². The Morgan fingerprint density at radius 1 is 1.08 bits per heavy atom. The van der Waals surface area contributed by atoms with Gasteiger partial charge in [0, 0.05) is 17.7 Å². The van der Waals surface area contributed by atoms with E-state index >= 15 is 0 Å². The van der Waals surface area contributed by atoms with Gasteiger partial charge in [0.05, 0.1) is 11.9 Å². The summed E-state index contributed by atoms with van der Waals surface area (Å²) in [5, 5.41) is 5.86. The minimum atomic E-state index is -0.245.